The van der Waals surface area contributed by atoms with E-state index >= 15 is 0 Å². The number of urea groups is 1. The Hall–Kier alpha value is -3.62. The third kappa shape index (κ3) is 7.30. The average molecular weight is 734 g/mol. The van der Waals surface area contributed by atoms with E-state index in [1.54, 1.807) is 11.8 Å². The zero-order valence-electron chi connectivity index (χ0n) is 31.9. The predicted octanol–water partition coefficient (Wildman–Crippen LogP) is 4.08. The van der Waals surface area contributed by atoms with Crippen LogP contribution in [0, 0.1) is 17.3 Å². The van der Waals surface area contributed by atoms with Gasteiger partial charge in [0.1, 0.15) is 18.2 Å². The van der Waals surface area contributed by atoms with E-state index in [0.29, 0.717) is 50.1 Å². The van der Waals surface area contributed by atoms with Gasteiger partial charge in [-0.25, -0.2) is 9.59 Å². The lowest BCUT2D eigenvalue weighted by Crippen LogP contribution is -2.65. The van der Waals surface area contributed by atoms with Gasteiger partial charge in [-0.3, -0.25) is 14.5 Å². The zero-order chi connectivity index (χ0) is 37.7. The molecule has 1 aromatic rings. The number of benzene rings is 1. The fraction of sp³-hybridized carbons (Fsp3) is 0.692. The van der Waals surface area contributed by atoms with Crippen LogP contribution in [0.15, 0.2) is 36.4 Å². The number of hydrogen-bond acceptors (Lipinski definition) is 8. The Morgan fingerprint density at radius 2 is 1.81 bits per heavy atom. The average Bonchev–Trinajstić information content (AvgIpc) is 3.94. The second kappa shape index (κ2) is 14.9. The Morgan fingerprint density at radius 1 is 1.08 bits per heavy atom. The first kappa shape index (κ1) is 37.7. The highest BCUT2D eigenvalue weighted by Gasteiger charge is 2.68. The first-order valence-electron chi connectivity index (χ1n) is 19.6. The number of nitrogens with one attached hydrogen (secondary N) is 3. The standard InChI is InChI=1S/C39H56BN5O8/c1-7-11-32(40-52-31-17-26-16-30(38(26,4)5)39(31,6)53-40)42-34(46)29-18-28(51-37(49)44-20-24-12-8-9-13-25(24)21-44)22-45(29)35(47)33(23(2)3)43-36(48)41-19-27-14-10-15-50-27/h8-9,12-13,26-33H,2,7,10-11,14-22H2,1,3-6H3,(H,42,46)(H2,41,43,48)/t26-,27+,28+,29-,30-,31+,32-,33-,39-/m0/s1. The van der Waals surface area contributed by atoms with Crippen LogP contribution in [-0.4, -0.2) is 102 Å². The summed E-state index contributed by atoms with van der Waals surface area (Å²) >= 11 is 0. The van der Waals surface area contributed by atoms with Crippen LogP contribution < -0.4 is 16.0 Å². The smallest absolute Gasteiger partial charge is 0.444 e. The SMILES string of the molecule is C=C(C)[C@H](NC(=O)NC[C@H]1CCCO1)C(=O)N1C[C@H](OC(=O)N2Cc3ccccc3C2)C[C@H]1C(=O)N[C@@H](CCC)B1O[C@@H]2C[C@@H]3C[C@@H](C3(C)C)[C@]2(C)O1. The lowest BCUT2D eigenvalue weighted by Gasteiger charge is -2.64. The lowest BCUT2D eigenvalue weighted by molar-refractivity contribution is -0.199. The number of fused-ring (bicyclic) bond motifs is 1. The van der Waals surface area contributed by atoms with E-state index in [0.717, 1.165) is 43.2 Å². The van der Waals surface area contributed by atoms with Crippen LogP contribution >= 0.6 is 0 Å². The number of nitrogens with zero attached hydrogens (tertiary/aromatic N) is 2. The minimum atomic E-state index is -1.11. The summed E-state index contributed by atoms with van der Waals surface area (Å²) in [5, 5.41) is 8.75. The third-order valence-corrected chi connectivity index (χ3v) is 13.0. The van der Waals surface area contributed by atoms with Crippen LogP contribution in [0.1, 0.15) is 90.7 Å². The van der Waals surface area contributed by atoms with Crippen molar-refractivity contribution < 1.29 is 38.0 Å². The van der Waals surface area contributed by atoms with Crippen molar-refractivity contribution in [2.24, 2.45) is 17.3 Å². The van der Waals surface area contributed by atoms with Crippen LogP contribution in [0.2, 0.25) is 0 Å². The highest BCUT2D eigenvalue weighted by Crippen LogP contribution is 2.65. The Balaban J connectivity index is 1.06. The number of hydrogen-bond donors (Lipinski definition) is 3. The summed E-state index contributed by atoms with van der Waals surface area (Å²) in [7, 11) is -0.627. The van der Waals surface area contributed by atoms with E-state index in [-0.39, 0.29) is 36.5 Å². The van der Waals surface area contributed by atoms with Gasteiger partial charge >= 0.3 is 19.2 Å². The van der Waals surface area contributed by atoms with Crippen molar-refractivity contribution in [3.05, 3.63) is 47.5 Å². The molecule has 3 N–H and O–H groups in total. The molecule has 0 spiro atoms. The molecule has 7 aliphatic rings. The molecule has 2 bridgehead atoms. The number of carbonyl (C=O) groups is 4. The molecule has 14 heteroatoms. The van der Waals surface area contributed by atoms with Gasteiger partial charge in [-0.05, 0) is 79.9 Å². The first-order valence-corrected chi connectivity index (χ1v) is 19.6. The monoisotopic (exact) mass is 733 g/mol. The fourth-order valence-corrected chi connectivity index (χ4v) is 9.75. The molecule has 0 radical (unpaired) electrons. The largest absolute Gasteiger partial charge is 0.481 e. The van der Waals surface area contributed by atoms with E-state index in [4.69, 9.17) is 18.8 Å². The minimum absolute atomic E-state index is 0.0143. The molecule has 4 heterocycles. The molecule has 4 aliphatic heterocycles. The highest BCUT2D eigenvalue weighted by atomic mass is 16.7. The molecule has 3 saturated carbocycles. The number of rotatable bonds is 11. The summed E-state index contributed by atoms with van der Waals surface area (Å²) in [5.41, 5.74) is 2.27. The van der Waals surface area contributed by atoms with Gasteiger partial charge in [-0.2, -0.15) is 0 Å². The second-order valence-electron chi connectivity index (χ2n) is 16.9. The number of carbonyl (C=O) groups excluding carboxylic acids is 4. The van der Waals surface area contributed by atoms with Gasteiger partial charge in [0, 0.05) is 32.7 Å². The van der Waals surface area contributed by atoms with Crippen molar-refractivity contribution in [3.8, 4) is 0 Å². The predicted molar refractivity (Wildman–Crippen MR) is 197 cm³/mol. The quantitative estimate of drug-likeness (QED) is 0.228. The zero-order valence-corrected chi connectivity index (χ0v) is 31.9. The Kier molecular flexibility index (Phi) is 10.6. The Bertz CT molecular complexity index is 1580. The molecule has 9 atom stereocenters. The van der Waals surface area contributed by atoms with Crippen molar-refractivity contribution in [1.29, 1.82) is 0 Å². The van der Waals surface area contributed by atoms with Crippen molar-refractivity contribution in [1.82, 2.24) is 25.8 Å². The maximum Gasteiger partial charge on any atom is 0.481 e. The van der Waals surface area contributed by atoms with Gasteiger partial charge in [0.15, 0.2) is 0 Å². The first-order chi connectivity index (χ1) is 25.3. The molecule has 3 saturated heterocycles. The summed E-state index contributed by atoms with van der Waals surface area (Å²) < 4.78 is 24.9. The van der Waals surface area contributed by atoms with Crippen molar-refractivity contribution >= 4 is 31.1 Å². The molecule has 0 aromatic heterocycles. The van der Waals surface area contributed by atoms with Crippen LogP contribution in [0.5, 0.6) is 0 Å². The van der Waals surface area contributed by atoms with Crippen molar-refractivity contribution in [3.63, 3.8) is 0 Å². The summed E-state index contributed by atoms with van der Waals surface area (Å²) in [6, 6.07) is 5.25. The highest BCUT2D eigenvalue weighted by molar-refractivity contribution is 6.48. The molecule has 1 aromatic carbocycles. The van der Waals surface area contributed by atoms with Gasteiger partial charge < -0.3 is 39.6 Å². The normalized spacial score (nSPS) is 31.9. The number of amides is 5. The number of likely N-dealkylation sites (tertiary alicyclic amines) is 1. The molecule has 6 fully saturated rings. The molecule has 5 amide bonds. The van der Waals surface area contributed by atoms with Gasteiger partial charge in [-0.1, -0.05) is 58.0 Å². The molecule has 0 unspecified atom stereocenters. The van der Waals surface area contributed by atoms with E-state index in [2.05, 4.69) is 43.3 Å². The van der Waals surface area contributed by atoms with Crippen LogP contribution in [-0.2, 0) is 41.5 Å². The van der Waals surface area contributed by atoms with Crippen LogP contribution in [0.25, 0.3) is 0 Å². The fourth-order valence-electron chi connectivity index (χ4n) is 9.75. The summed E-state index contributed by atoms with van der Waals surface area (Å²) in [6.07, 6.45) is 3.97. The van der Waals surface area contributed by atoms with E-state index in [1.807, 2.05) is 31.2 Å². The Labute approximate surface area is 313 Å². The van der Waals surface area contributed by atoms with E-state index in [9.17, 15) is 19.2 Å². The Morgan fingerprint density at radius 3 is 2.45 bits per heavy atom. The van der Waals surface area contributed by atoms with E-state index in [1.165, 1.54) is 4.90 Å². The molecule has 53 heavy (non-hydrogen) atoms. The maximum atomic E-state index is 14.4. The summed E-state index contributed by atoms with van der Waals surface area (Å²) in [4.78, 5) is 58.2. The lowest BCUT2D eigenvalue weighted by atomic mass is 9.43. The van der Waals surface area contributed by atoms with Crippen LogP contribution in [0.4, 0.5) is 9.59 Å². The summed E-state index contributed by atoms with van der Waals surface area (Å²) in [6.45, 7) is 16.3. The van der Waals surface area contributed by atoms with Crippen LogP contribution in [0.3, 0.4) is 0 Å². The van der Waals surface area contributed by atoms with Gasteiger partial charge in [-0.15, -0.1) is 0 Å². The second-order valence-corrected chi connectivity index (χ2v) is 16.9. The minimum Gasteiger partial charge on any atom is -0.444 e. The van der Waals surface area contributed by atoms with Crippen molar-refractivity contribution in [2.45, 2.75) is 135 Å². The topological polar surface area (TPSA) is 148 Å². The molecular weight excluding hydrogens is 677 g/mol. The van der Waals surface area contributed by atoms with Crippen molar-refractivity contribution in [2.75, 3.05) is 19.7 Å². The maximum absolute atomic E-state index is 14.4. The summed E-state index contributed by atoms with van der Waals surface area (Å²) in [5.74, 6) is -0.372. The molecule has 13 nitrogen and oxygen atoms in total. The van der Waals surface area contributed by atoms with Gasteiger partial charge in [0.2, 0.25) is 11.8 Å². The van der Waals surface area contributed by atoms with Gasteiger partial charge in [0.05, 0.1) is 30.3 Å². The number of ether oxygens (including phenoxy) is 2. The molecule has 8 rings (SSSR count). The van der Waals surface area contributed by atoms with E-state index < -0.39 is 54.9 Å². The molecule has 3 aliphatic carbocycles. The third-order valence-electron chi connectivity index (χ3n) is 13.0. The van der Waals surface area contributed by atoms with Gasteiger partial charge in [0.25, 0.3) is 0 Å². The molecule has 288 valence electrons. The molecular formula is C39H56BN5O8.